The molecule has 16 heavy (non-hydrogen) atoms. The summed E-state index contributed by atoms with van der Waals surface area (Å²) in [6.45, 7) is 1.01. The second-order valence-corrected chi connectivity index (χ2v) is 3.99. The van der Waals surface area contributed by atoms with E-state index in [1.54, 1.807) is 6.07 Å². The first-order valence-electron chi connectivity index (χ1n) is 5.30. The maximum absolute atomic E-state index is 13.5. The van der Waals surface area contributed by atoms with Gasteiger partial charge in [-0.05, 0) is 17.7 Å². The van der Waals surface area contributed by atoms with Crippen LogP contribution in [0.15, 0.2) is 18.2 Å². The molecule has 0 spiro atoms. The van der Waals surface area contributed by atoms with Crippen molar-refractivity contribution < 1.29 is 19.0 Å². The van der Waals surface area contributed by atoms with Crippen LogP contribution < -0.4 is 4.74 Å². The molecule has 0 aromatic heterocycles. The standard InChI is InChI=1S/C12H15FO3/c1-15-11-3-2-9(8-10(11)13)12(14)4-6-16-7-5-12/h2-3,8,14H,4-7H2,1H3. The highest BCUT2D eigenvalue weighted by Gasteiger charge is 2.32. The molecular weight excluding hydrogens is 211 g/mol. The molecular formula is C12H15FO3. The Balaban J connectivity index is 2.29. The minimum atomic E-state index is -0.967. The van der Waals surface area contributed by atoms with Crippen LogP contribution >= 0.6 is 0 Å². The second kappa shape index (κ2) is 4.39. The van der Waals surface area contributed by atoms with Crippen molar-refractivity contribution in [2.45, 2.75) is 18.4 Å². The summed E-state index contributed by atoms with van der Waals surface area (Å²) in [7, 11) is 1.42. The molecule has 0 unspecified atom stereocenters. The predicted molar refractivity (Wildman–Crippen MR) is 56.9 cm³/mol. The fourth-order valence-corrected chi connectivity index (χ4v) is 1.95. The third-order valence-corrected chi connectivity index (χ3v) is 3.01. The van der Waals surface area contributed by atoms with E-state index in [2.05, 4.69) is 0 Å². The molecule has 0 atom stereocenters. The molecule has 0 radical (unpaired) electrons. The van der Waals surface area contributed by atoms with Gasteiger partial charge in [-0.15, -0.1) is 0 Å². The minimum Gasteiger partial charge on any atom is -0.494 e. The zero-order valence-corrected chi connectivity index (χ0v) is 9.20. The topological polar surface area (TPSA) is 38.7 Å². The van der Waals surface area contributed by atoms with Crippen molar-refractivity contribution in [1.82, 2.24) is 0 Å². The van der Waals surface area contributed by atoms with Crippen LogP contribution in [0.1, 0.15) is 18.4 Å². The lowest BCUT2D eigenvalue weighted by Crippen LogP contribution is -2.33. The Bertz CT molecular complexity index is 373. The third kappa shape index (κ3) is 2.03. The van der Waals surface area contributed by atoms with Gasteiger partial charge in [-0.2, -0.15) is 0 Å². The quantitative estimate of drug-likeness (QED) is 0.836. The van der Waals surface area contributed by atoms with Gasteiger partial charge in [0, 0.05) is 26.1 Å². The van der Waals surface area contributed by atoms with Crippen molar-refractivity contribution >= 4 is 0 Å². The maximum Gasteiger partial charge on any atom is 0.165 e. The molecule has 1 heterocycles. The first-order valence-corrected chi connectivity index (χ1v) is 5.30. The Kier molecular flexibility index (Phi) is 3.12. The molecule has 1 aliphatic heterocycles. The van der Waals surface area contributed by atoms with Crippen molar-refractivity contribution in [3.05, 3.63) is 29.6 Å². The molecule has 1 fully saturated rings. The van der Waals surface area contributed by atoms with Crippen LogP contribution in [-0.2, 0) is 10.3 Å². The van der Waals surface area contributed by atoms with Crippen LogP contribution in [0.2, 0.25) is 0 Å². The van der Waals surface area contributed by atoms with Crippen LogP contribution in [0.25, 0.3) is 0 Å². The summed E-state index contributed by atoms with van der Waals surface area (Å²) in [5.41, 5.74) is -0.375. The largest absolute Gasteiger partial charge is 0.494 e. The van der Waals surface area contributed by atoms with Gasteiger partial charge in [0.2, 0.25) is 0 Å². The van der Waals surface area contributed by atoms with E-state index in [0.29, 0.717) is 31.6 Å². The zero-order chi connectivity index (χ0) is 11.6. The van der Waals surface area contributed by atoms with Crippen molar-refractivity contribution in [2.24, 2.45) is 0 Å². The highest BCUT2D eigenvalue weighted by Crippen LogP contribution is 2.33. The number of aliphatic hydroxyl groups is 1. The Morgan fingerprint density at radius 3 is 2.62 bits per heavy atom. The van der Waals surface area contributed by atoms with E-state index in [1.807, 2.05) is 0 Å². The van der Waals surface area contributed by atoms with E-state index >= 15 is 0 Å². The number of hydrogen-bond donors (Lipinski definition) is 1. The van der Waals surface area contributed by atoms with Crippen molar-refractivity contribution in [3.8, 4) is 5.75 Å². The number of benzene rings is 1. The smallest absolute Gasteiger partial charge is 0.165 e. The summed E-state index contributed by atoms with van der Waals surface area (Å²) >= 11 is 0. The molecule has 0 aliphatic carbocycles. The van der Waals surface area contributed by atoms with Gasteiger partial charge in [0.25, 0.3) is 0 Å². The van der Waals surface area contributed by atoms with Gasteiger partial charge in [0.15, 0.2) is 11.6 Å². The monoisotopic (exact) mass is 226 g/mol. The molecule has 1 aromatic rings. The average molecular weight is 226 g/mol. The van der Waals surface area contributed by atoms with Gasteiger partial charge in [0.1, 0.15) is 0 Å². The highest BCUT2D eigenvalue weighted by atomic mass is 19.1. The summed E-state index contributed by atoms with van der Waals surface area (Å²) < 4.78 is 23.5. The van der Waals surface area contributed by atoms with E-state index in [4.69, 9.17) is 9.47 Å². The highest BCUT2D eigenvalue weighted by molar-refractivity contribution is 5.32. The molecule has 1 aromatic carbocycles. The molecule has 2 rings (SSSR count). The van der Waals surface area contributed by atoms with E-state index < -0.39 is 11.4 Å². The van der Waals surface area contributed by atoms with E-state index in [9.17, 15) is 9.50 Å². The third-order valence-electron chi connectivity index (χ3n) is 3.01. The first-order chi connectivity index (χ1) is 7.65. The lowest BCUT2D eigenvalue weighted by Gasteiger charge is -2.32. The Morgan fingerprint density at radius 2 is 2.06 bits per heavy atom. The van der Waals surface area contributed by atoms with E-state index in [1.165, 1.54) is 19.2 Å². The molecule has 1 aliphatic rings. The van der Waals surface area contributed by atoms with Crippen molar-refractivity contribution in [3.63, 3.8) is 0 Å². The number of halogens is 1. The van der Waals surface area contributed by atoms with Crippen molar-refractivity contribution in [1.29, 1.82) is 0 Å². The van der Waals surface area contributed by atoms with Gasteiger partial charge in [-0.1, -0.05) is 6.07 Å². The molecule has 0 bridgehead atoms. The summed E-state index contributed by atoms with van der Waals surface area (Å²) in [5.74, 6) is -0.251. The lowest BCUT2D eigenvalue weighted by atomic mass is 9.86. The van der Waals surface area contributed by atoms with Gasteiger partial charge in [-0.3, -0.25) is 0 Å². The Labute approximate surface area is 93.8 Å². The van der Waals surface area contributed by atoms with Crippen LogP contribution in [0.3, 0.4) is 0 Å². The normalized spacial score (nSPS) is 19.4. The van der Waals surface area contributed by atoms with Gasteiger partial charge >= 0.3 is 0 Å². The minimum absolute atomic E-state index is 0.194. The predicted octanol–water partition coefficient (Wildman–Crippen LogP) is 1.83. The SMILES string of the molecule is COc1ccc(C2(O)CCOCC2)cc1F. The van der Waals surface area contributed by atoms with Crippen molar-refractivity contribution in [2.75, 3.05) is 20.3 Å². The number of methoxy groups -OCH3 is 1. The Morgan fingerprint density at radius 1 is 1.38 bits per heavy atom. The van der Waals surface area contributed by atoms with Crippen LogP contribution in [0, 0.1) is 5.82 Å². The van der Waals surface area contributed by atoms with Gasteiger partial charge in [-0.25, -0.2) is 4.39 Å². The van der Waals surface area contributed by atoms with Crippen LogP contribution in [0.4, 0.5) is 4.39 Å². The molecule has 3 nitrogen and oxygen atoms in total. The zero-order valence-electron chi connectivity index (χ0n) is 9.20. The molecule has 1 N–H and O–H groups in total. The molecule has 1 saturated heterocycles. The summed E-state index contributed by atoms with van der Waals surface area (Å²) in [6, 6.07) is 4.58. The molecule has 0 amide bonds. The number of ether oxygens (including phenoxy) is 2. The van der Waals surface area contributed by atoms with Gasteiger partial charge < -0.3 is 14.6 Å². The van der Waals surface area contributed by atoms with Gasteiger partial charge in [0.05, 0.1) is 12.7 Å². The fraction of sp³-hybridized carbons (Fsp3) is 0.500. The lowest BCUT2D eigenvalue weighted by molar-refractivity contribution is -0.0680. The number of rotatable bonds is 2. The number of hydrogen-bond acceptors (Lipinski definition) is 3. The summed E-state index contributed by atoms with van der Waals surface area (Å²) in [4.78, 5) is 0. The van der Waals surface area contributed by atoms with E-state index in [-0.39, 0.29) is 5.75 Å². The molecule has 88 valence electrons. The molecule has 0 saturated carbocycles. The maximum atomic E-state index is 13.5. The summed E-state index contributed by atoms with van der Waals surface area (Å²) in [5, 5.41) is 10.3. The Hall–Kier alpha value is -1.13. The molecule has 4 heteroatoms. The second-order valence-electron chi connectivity index (χ2n) is 3.99. The first kappa shape index (κ1) is 11.4. The van der Waals surface area contributed by atoms with Crippen LogP contribution in [-0.4, -0.2) is 25.4 Å². The fourth-order valence-electron chi connectivity index (χ4n) is 1.95. The van der Waals surface area contributed by atoms with E-state index in [0.717, 1.165) is 0 Å². The van der Waals surface area contributed by atoms with Crippen LogP contribution in [0.5, 0.6) is 5.75 Å². The average Bonchev–Trinajstić information content (AvgIpc) is 2.30. The summed E-state index contributed by atoms with van der Waals surface area (Å²) in [6.07, 6.45) is 0.998.